The summed E-state index contributed by atoms with van der Waals surface area (Å²) in [6.45, 7) is 8.48. The van der Waals surface area contributed by atoms with Crippen LogP contribution in [0.4, 0.5) is 0 Å². The van der Waals surface area contributed by atoms with Crippen LogP contribution in [0.15, 0.2) is 33.5 Å². The number of hydrogen-bond donors (Lipinski definition) is 0. The fourth-order valence-corrected chi connectivity index (χ4v) is 7.24. The minimum Gasteiger partial charge on any atom is -0.283 e. The van der Waals surface area contributed by atoms with Gasteiger partial charge in [0.1, 0.15) is 9.84 Å². The van der Waals surface area contributed by atoms with E-state index in [1.807, 2.05) is 6.92 Å². The smallest absolute Gasteiger partial charge is 0.275 e. The van der Waals surface area contributed by atoms with E-state index in [0.29, 0.717) is 34.0 Å². The first-order valence-electron chi connectivity index (χ1n) is 10.7. The van der Waals surface area contributed by atoms with Gasteiger partial charge in [-0.1, -0.05) is 43.0 Å². The molecule has 0 aromatic carbocycles. The second kappa shape index (κ2) is 8.57. The van der Waals surface area contributed by atoms with Crippen molar-refractivity contribution in [3.05, 3.63) is 60.6 Å². The molecule has 1 aliphatic carbocycles. The Morgan fingerprint density at radius 2 is 2.16 bits per heavy atom. The van der Waals surface area contributed by atoms with Gasteiger partial charge in [0, 0.05) is 23.2 Å². The molecule has 5 rings (SSSR count). The SMILES string of the molecule is C=CCn1c(SCc2cc(=O)n3nc(CC)sc3n2)nc2sc3c(c2c1=O)CCC(C)C3. The fraction of sp³-hybridized carbons (Fsp3) is 0.409. The summed E-state index contributed by atoms with van der Waals surface area (Å²) in [5.41, 5.74) is 1.66. The second-order valence-electron chi connectivity index (χ2n) is 8.05. The van der Waals surface area contributed by atoms with Gasteiger partial charge in [0.2, 0.25) is 4.96 Å². The summed E-state index contributed by atoms with van der Waals surface area (Å²) in [5.74, 6) is 1.09. The average Bonchev–Trinajstić information content (AvgIpc) is 3.35. The Morgan fingerprint density at radius 3 is 2.94 bits per heavy atom. The molecule has 4 aromatic rings. The van der Waals surface area contributed by atoms with E-state index in [1.165, 1.54) is 44.1 Å². The number of rotatable bonds is 6. The summed E-state index contributed by atoms with van der Waals surface area (Å²) in [6, 6.07) is 1.51. The molecule has 0 N–H and O–H groups in total. The average molecular weight is 486 g/mol. The summed E-state index contributed by atoms with van der Waals surface area (Å²) in [7, 11) is 0. The van der Waals surface area contributed by atoms with Gasteiger partial charge in [0.05, 0.1) is 11.1 Å². The molecule has 1 atom stereocenters. The molecule has 7 nitrogen and oxygen atoms in total. The standard InChI is InChI=1S/C22H23N5O2S3/c1-4-8-26-20(29)18-14-7-6-12(3)9-15(14)31-19(18)24-21(26)30-11-13-10-17(28)27-22(23-13)32-16(5-2)25-27/h4,10,12H,1,5-9,11H2,2-3H3. The van der Waals surface area contributed by atoms with E-state index < -0.39 is 0 Å². The van der Waals surface area contributed by atoms with Gasteiger partial charge in [0.25, 0.3) is 11.1 Å². The minimum absolute atomic E-state index is 0.00276. The van der Waals surface area contributed by atoms with Crippen molar-refractivity contribution >= 4 is 49.6 Å². The second-order valence-corrected chi connectivity index (χ2v) is 11.1. The quantitative estimate of drug-likeness (QED) is 0.232. The molecule has 4 heterocycles. The molecule has 1 unspecified atom stereocenters. The topological polar surface area (TPSA) is 82.2 Å². The highest BCUT2D eigenvalue weighted by Gasteiger charge is 2.24. The summed E-state index contributed by atoms with van der Waals surface area (Å²) in [5, 5.41) is 6.58. The molecule has 0 aliphatic heterocycles. The van der Waals surface area contributed by atoms with Crippen LogP contribution in [-0.2, 0) is 31.6 Å². The van der Waals surface area contributed by atoms with Crippen LogP contribution in [-0.4, -0.2) is 24.1 Å². The predicted octanol–water partition coefficient (Wildman–Crippen LogP) is 4.09. The third-order valence-corrected chi connectivity index (χ3v) is 8.89. The van der Waals surface area contributed by atoms with E-state index in [-0.39, 0.29) is 11.1 Å². The zero-order chi connectivity index (χ0) is 22.4. The maximum absolute atomic E-state index is 13.4. The first-order valence-corrected chi connectivity index (χ1v) is 13.3. The van der Waals surface area contributed by atoms with E-state index in [4.69, 9.17) is 4.98 Å². The lowest BCUT2D eigenvalue weighted by Gasteiger charge is -2.17. The number of hydrogen-bond acceptors (Lipinski definition) is 8. The van der Waals surface area contributed by atoms with E-state index in [2.05, 4.69) is 23.6 Å². The highest BCUT2D eigenvalue weighted by atomic mass is 32.2. The first kappa shape index (κ1) is 21.5. The zero-order valence-electron chi connectivity index (χ0n) is 18.0. The van der Waals surface area contributed by atoms with Crippen LogP contribution in [0.1, 0.15) is 41.4 Å². The third kappa shape index (κ3) is 3.74. The van der Waals surface area contributed by atoms with Crippen molar-refractivity contribution in [1.29, 1.82) is 0 Å². The summed E-state index contributed by atoms with van der Waals surface area (Å²) in [6.07, 6.45) is 5.55. The highest BCUT2D eigenvalue weighted by Crippen LogP contribution is 2.36. The van der Waals surface area contributed by atoms with Crippen molar-refractivity contribution in [3.63, 3.8) is 0 Å². The Balaban J connectivity index is 1.53. The highest BCUT2D eigenvalue weighted by molar-refractivity contribution is 7.98. The molecule has 32 heavy (non-hydrogen) atoms. The van der Waals surface area contributed by atoms with Crippen LogP contribution < -0.4 is 11.1 Å². The number of aryl methyl sites for hydroxylation is 2. The van der Waals surface area contributed by atoms with Crippen LogP contribution in [0.5, 0.6) is 0 Å². The van der Waals surface area contributed by atoms with Crippen molar-refractivity contribution < 1.29 is 0 Å². The van der Waals surface area contributed by atoms with Gasteiger partial charge >= 0.3 is 0 Å². The Labute approximate surface area is 196 Å². The first-order chi connectivity index (χ1) is 15.5. The van der Waals surface area contributed by atoms with Crippen molar-refractivity contribution in [1.82, 2.24) is 24.1 Å². The van der Waals surface area contributed by atoms with Gasteiger partial charge in [0.15, 0.2) is 5.16 Å². The summed E-state index contributed by atoms with van der Waals surface area (Å²) < 4.78 is 3.05. The molecule has 0 spiro atoms. The Bertz CT molecular complexity index is 1460. The Kier molecular flexibility index (Phi) is 5.77. The van der Waals surface area contributed by atoms with Crippen molar-refractivity contribution in [2.45, 2.75) is 57.0 Å². The Hall–Kier alpha value is -2.30. The van der Waals surface area contributed by atoms with Crippen LogP contribution in [0.3, 0.4) is 0 Å². The molecule has 0 saturated heterocycles. The molecule has 10 heteroatoms. The number of allylic oxidation sites excluding steroid dienone is 1. The lowest BCUT2D eigenvalue weighted by Crippen LogP contribution is -2.23. The summed E-state index contributed by atoms with van der Waals surface area (Å²) in [4.78, 5) is 38.1. The lowest BCUT2D eigenvalue weighted by atomic mass is 9.89. The molecule has 4 aromatic heterocycles. The van der Waals surface area contributed by atoms with Gasteiger partial charge in [-0.2, -0.15) is 9.61 Å². The van der Waals surface area contributed by atoms with Gasteiger partial charge in [-0.3, -0.25) is 14.2 Å². The van der Waals surface area contributed by atoms with Crippen LogP contribution in [0.2, 0.25) is 0 Å². The zero-order valence-corrected chi connectivity index (χ0v) is 20.4. The van der Waals surface area contributed by atoms with Gasteiger partial charge < -0.3 is 0 Å². The molecule has 0 radical (unpaired) electrons. The van der Waals surface area contributed by atoms with E-state index in [9.17, 15) is 9.59 Å². The molecular formula is C22H23N5O2S3. The van der Waals surface area contributed by atoms with Gasteiger partial charge in [-0.25, -0.2) is 9.97 Å². The van der Waals surface area contributed by atoms with Gasteiger partial charge in [-0.15, -0.1) is 17.9 Å². The van der Waals surface area contributed by atoms with E-state index in [0.717, 1.165) is 40.9 Å². The largest absolute Gasteiger partial charge is 0.283 e. The molecule has 0 saturated carbocycles. The fourth-order valence-electron chi connectivity index (χ4n) is 4.06. The molecular weight excluding hydrogens is 462 g/mol. The molecule has 166 valence electrons. The predicted molar refractivity (Wildman–Crippen MR) is 131 cm³/mol. The third-order valence-electron chi connectivity index (χ3n) is 5.68. The lowest BCUT2D eigenvalue weighted by molar-refractivity contribution is 0.509. The number of thiophene rings is 1. The van der Waals surface area contributed by atoms with E-state index >= 15 is 0 Å². The normalized spacial score (nSPS) is 16.0. The van der Waals surface area contributed by atoms with E-state index in [1.54, 1.807) is 22.0 Å². The minimum atomic E-state index is -0.187. The number of aromatic nitrogens is 5. The monoisotopic (exact) mass is 485 g/mol. The number of nitrogens with zero attached hydrogens (tertiary/aromatic N) is 5. The molecule has 0 bridgehead atoms. The Morgan fingerprint density at radius 1 is 1.31 bits per heavy atom. The van der Waals surface area contributed by atoms with Crippen LogP contribution in [0, 0.1) is 5.92 Å². The molecule has 0 amide bonds. The van der Waals surface area contributed by atoms with Gasteiger partial charge in [-0.05, 0) is 37.2 Å². The number of thioether (sulfide) groups is 1. The summed E-state index contributed by atoms with van der Waals surface area (Å²) >= 11 is 4.51. The van der Waals surface area contributed by atoms with Crippen molar-refractivity contribution in [3.8, 4) is 0 Å². The maximum atomic E-state index is 13.4. The maximum Gasteiger partial charge on any atom is 0.275 e. The van der Waals surface area contributed by atoms with Crippen LogP contribution in [0.25, 0.3) is 15.2 Å². The van der Waals surface area contributed by atoms with Crippen LogP contribution >= 0.6 is 34.4 Å². The molecule has 0 fully saturated rings. The number of fused-ring (bicyclic) bond motifs is 4. The molecule has 1 aliphatic rings. The van der Waals surface area contributed by atoms with Crippen molar-refractivity contribution in [2.75, 3.05) is 0 Å². The van der Waals surface area contributed by atoms with Crippen molar-refractivity contribution in [2.24, 2.45) is 5.92 Å².